The molecule has 1 nitrogen and oxygen atoms in total. The van der Waals surface area contributed by atoms with Gasteiger partial charge in [-0.25, -0.2) is 0 Å². The molecule has 1 rings (SSSR count). The number of hydrogen-bond donors (Lipinski definition) is 1. The van der Waals surface area contributed by atoms with Crippen LogP contribution in [0.3, 0.4) is 0 Å². The Hall–Kier alpha value is 0.322. The zero-order valence-corrected chi connectivity index (χ0v) is 19.8. The normalized spacial score (nSPS) is 15.1. The molecule has 1 aromatic rings. The van der Waals surface area contributed by atoms with Gasteiger partial charge in [0.05, 0.1) is 0 Å². The van der Waals surface area contributed by atoms with Crippen LogP contribution in [-0.2, 0) is 0 Å². The molecule has 0 saturated heterocycles. The monoisotopic (exact) mass is 403 g/mol. The summed E-state index contributed by atoms with van der Waals surface area (Å²) in [5.41, 5.74) is 8.21. The van der Waals surface area contributed by atoms with Crippen LogP contribution in [0.25, 0.3) is 0 Å². The molecule has 0 amide bonds. The molecule has 0 fully saturated rings. The first-order valence-corrected chi connectivity index (χ1v) is 10.5. The number of aryl methyl sites for hydroxylation is 1. The average molecular weight is 404 g/mol. The first-order valence-electron chi connectivity index (χ1n) is 9.70. The maximum absolute atomic E-state index is 5.75. The molecule has 1 aromatic carbocycles. The minimum absolute atomic E-state index is 0. The predicted molar refractivity (Wildman–Crippen MR) is 117 cm³/mol. The van der Waals surface area contributed by atoms with Gasteiger partial charge in [0.2, 0.25) is 0 Å². The molecule has 0 aliphatic carbocycles. The number of halogens is 1. The number of nitrogens with two attached hydrogens (primary N) is 1. The first kappa shape index (κ1) is 27.5. The summed E-state index contributed by atoms with van der Waals surface area (Å²) in [4.78, 5) is 0. The molecule has 0 aromatic heterocycles. The smallest absolute Gasteiger partial charge is 1.00 e. The Morgan fingerprint density at radius 1 is 0.960 bits per heavy atom. The molecule has 4 atom stereocenters. The van der Waals surface area contributed by atoms with Gasteiger partial charge in [-0.05, 0) is 37.1 Å². The van der Waals surface area contributed by atoms with E-state index in [4.69, 9.17) is 5.73 Å². The maximum atomic E-state index is 5.75. The van der Waals surface area contributed by atoms with Crippen LogP contribution in [0.15, 0.2) is 22.7 Å². The topological polar surface area (TPSA) is 26.0 Å². The number of rotatable bonds is 7. The van der Waals surface area contributed by atoms with E-state index >= 15 is 0 Å². The van der Waals surface area contributed by atoms with Gasteiger partial charge in [-0.2, -0.15) is 0 Å². The van der Waals surface area contributed by atoms with E-state index in [1.165, 1.54) is 30.4 Å². The summed E-state index contributed by atoms with van der Waals surface area (Å²) in [5, 5.41) is 0. The second-order valence-corrected chi connectivity index (χ2v) is 8.44. The van der Waals surface area contributed by atoms with Crippen LogP contribution < -0.4 is 24.6 Å². The summed E-state index contributed by atoms with van der Waals surface area (Å²) in [6, 6.07) is 6.29. The molecule has 3 unspecified atom stereocenters. The molecule has 140 valence electrons. The Balaban J connectivity index is -0.000000381. The third-order valence-electron chi connectivity index (χ3n) is 5.63. The Bertz CT molecular complexity index is 450. The molecule has 0 heterocycles. The maximum Gasteiger partial charge on any atom is 1.00 e. The second-order valence-electron chi connectivity index (χ2n) is 7.52. The van der Waals surface area contributed by atoms with Crippen molar-refractivity contribution in [1.29, 1.82) is 0 Å². The van der Waals surface area contributed by atoms with E-state index in [-0.39, 0.29) is 26.3 Å². The average Bonchev–Trinajstić information content (AvgIpc) is 2.54. The molecule has 0 aliphatic rings. The summed E-state index contributed by atoms with van der Waals surface area (Å²) in [7, 11) is 0. The summed E-state index contributed by atoms with van der Waals surface area (Å²) in [5.74, 6) is 2.68. The van der Waals surface area contributed by atoms with Crippen LogP contribution in [0.2, 0.25) is 17.5 Å². The zero-order chi connectivity index (χ0) is 18.9. The SMILES string of the molecule is CCC(C)B(C(C)CC)C(C)CC.Cc1cc(Br)ccc1[C@H](C)N.[H-].[Li+]. The Morgan fingerprint density at radius 3 is 1.64 bits per heavy atom. The van der Waals surface area contributed by atoms with Gasteiger partial charge < -0.3 is 7.16 Å². The van der Waals surface area contributed by atoms with Crippen LogP contribution in [0.1, 0.15) is 86.3 Å². The van der Waals surface area contributed by atoms with Crippen LogP contribution >= 0.6 is 15.9 Å². The van der Waals surface area contributed by atoms with Crippen molar-refractivity contribution < 1.29 is 20.3 Å². The number of benzene rings is 1. The van der Waals surface area contributed by atoms with Gasteiger partial charge >= 0.3 is 18.9 Å². The molecule has 0 spiro atoms. The van der Waals surface area contributed by atoms with Crippen molar-refractivity contribution >= 4 is 22.6 Å². The third-order valence-corrected chi connectivity index (χ3v) is 6.12. The predicted octanol–water partition coefficient (Wildman–Crippen LogP) is 4.78. The summed E-state index contributed by atoms with van der Waals surface area (Å²) in [6.45, 7) is 19.2. The van der Waals surface area contributed by atoms with Gasteiger partial charge in [-0.15, -0.1) is 0 Å². The van der Waals surface area contributed by atoms with Gasteiger partial charge in [-0.1, -0.05) is 100 Å². The van der Waals surface area contributed by atoms with E-state index in [0.29, 0.717) is 0 Å². The zero-order valence-electron chi connectivity index (χ0n) is 19.2. The first-order chi connectivity index (χ1) is 11.2. The third kappa shape index (κ3) is 9.71. The summed E-state index contributed by atoms with van der Waals surface area (Å²) >= 11 is 3.40. The minimum Gasteiger partial charge on any atom is -1.00 e. The van der Waals surface area contributed by atoms with E-state index in [9.17, 15) is 0 Å². The van der Waals surface area contributed by atoms with Gasteiger partial charge in [0.25, 0.3) is 0 Å². The van der Waals surface area contributed by atoms with Gasteiger partial charge in [0.1, 0.15) is 6.71 Å². The molecule has 0 saturated carbocycles. The Morgan fingerprint density at radius 2 is 1.36 bits per heavy atom. The summed E-state index contributed by atoms with van der Waals surface area (Å²) < 4.78 is 1.11. The van der Waals surface area contributed by atoms with Crippen molar-refractivity contribution in [2.24, 2.45) is 5.73 Å². The van der Waals surface area contributed by atoms with Crippen LogP contribution in [0, 0.1) is 6.92 Å². The van der Waals surface area contributed by atoms with Crippen LogP contribution in [0.4, 0.5) is 0 Å². The fraction of sp³-hybridized carbons (Fsp3) is 0.714. The molecular formula is C21H40BBrLiN. The van der Waals surface area contributed by atoms with E-state index in [0.717, 1.165) is 28.6 Å². The molecular weight excluding hydrogens is 364 g/mol. The molecule has 0 aliphatic heterocycles. The fourth-order valence-electron chi connectivity index (χ4n) is 3.65. The van der Waals surface area contributed by atoms with Gasteiger partial charge in [0, 0.05) is 10.5 Å². The fourth-order valence-corrected chi connectivity index (χ4v) is 4.12. The van der Waals surface area contributed by atoms with Crippen molar-refractivity contribution in [3.05, 3.63) is 33.8 Å². The van der Waals surface area contributed by atoms with Crippen molar-refractivity contribution in [3.63, 3.8) is 0 Å². The standard InChI is InChI=1S/C12H27B.C9H12BrN.Li.H/c1-7-10(4)13(11(5)8-2)12(6)9-3;1-6-5-8(10)3-4-9(6)7(2)11;;/h10-12H,7-9H2,1-6H3;3-5,7H,11H2,1-2H3;;/q;;+1;-1/t;7-;;/m.0../s1. The summed E-state index contributed by atoms with van der Waals surface area (Å²) in [6.07, 6.45) is 4.00. The largest absolute Gasteiger partial charge is 1.00 e. The number of hydrogen-bond acceptors (Lipinski definition) is 1. The second kappa shape index (κ2) is 14.4. The van der Waals surface area contributed by atoms with Crippen molar-refractivity contribution in [2.45, 2.75) is 98.1 Å². The van der Waals surface area contributed by atoms with Gasteiger partial charge in [0.15, 0.2) is 0 Å². The molecule has 25 heavy (non-hydrogen) atoms. The van der Waals surface area contributed by atoms with E-state index in [2.05, 4.69) is 76.5 Å². The van der Waals surface area contributed by atoms with E-state index in [1.54, 1.807) is 0 Å². The van der Waals surface area contributed by atoms with Crippen molar-refractivity contribution in [2.75, 3.05) is 0 Å². The molecule has 4 heteroatoms. The molecule has 2 N–H and O–H groups in total. The van der Waals surface area contributed by atoms with Crippen molar-refractivity contribution in [1.82, 2.24) is 0 Å². The van der Waals surface area contributed by atoms with Crippen LogP contribution in [0.5, 0.6) is 0 Å². The molecule has 0 bridgehead atoms. The molecule has 0 radical (unpaired) electrons. The van der Waals surface area contributed by atoms with Crippen LogP contribution in [-0.4, -0.2) is 6.71 Å². The Labute approximate surface area is 180 Å². The van der Waals surface area contributed by atoms with E-state index in [1.807, 2.05) is 13.0 Å². The minimum atomic E-state index is 0. The Kier molecular flexibility index (Phi) is 15.9. The van der Waals surface area contributed by atoms with Crippen molar-refractivity contribution in [3.8, 4) is 0 Å². The quantitative estimate of drug-likeness (QED) is 0.651. The van der Waals surface area contributed by atoms with E-state index < -0.39 is 0 Å². The van der Waals surface area contributed by atoms with Gasteiger partial charge in [-0.3, -0.25) is 0 Å².